The van der Waals surface area contributed by atoms with Crippen molar-refractivity contribution in [1.29, 1.82) is 0 Å². The molecular formula is C103H109F5N18O20S2. The van der Waals surface area contributed by atoms with Crippen molar-refractivity contribution in [1.82, 2.24) is 72.9 Å². The second-order valence-corrected chi connectivity index (χ2v) is 38.4. The number of aliphatic hydroxyl groups is 1. The molecule has 0 bridgehead atoms. The molecule has 0 spiro atoms. The highest BCUT2D eigenvalue weighted by Gasteiger charge is 2.44. The lowest BCUT2D eigenvalue weighted by Crippen LogP contribution is -2.26. The molecule has 19 heterocycles. The van der Waals surface area contributed by atoms with Gasteiger partial charge in [0, 0.05) is 122 Å². The Morgan fingerprint density at radius 2 is 0.831 bits per heavy atom. The number of nitrogens with one attached hydrogen (secondary N) is 2. The lowest BCUT2D eigenvalue weighted by atomic mass is 10.1. The maximum Gasteiger partial charge on any atom is 0.343 e. The zero-order chi connectivity index (χ0) is 104. The first-order chi connectivity index (χ1) is 71.6. The molecule has 16 aromatic rings. The normalized spacial score (nSPS) is 20.6. The van der Waals surface area contributed by atoms with Crippen molar-refractivity contribution >= 4 is 106 Å². The van der Waals surface area contributed by atoms with Gasteiger partial charge in [0.1, 0.15) is 93.9 Å². The number of benzene rings is 4. The molecule has 0 saturated carbocycles. The van der Waals surface area contributed by atoms with Gasteiger partial charge in [-0.2, -0.15) is 45.7 Å². The summed E-state index contributed by atoms with van der Waals surface area (Å²) in [6, 6.07) is 48.9. The van der Waals surface area contributed by atoms with Crippen molar-refractivity contribution in [2.45, 2.75) is 131 Å². The predicted octanol–water partition coefficient (Wildman–Crippen LogP) is 13.8. The Morgan fingerprint density at radius 1 is 0.446 bits per heavy atom. The van der Waals surface area contributed by atoms with Crippen LogP contribution in [-0.4, -0.2) is 294 Å². The highest BCUT2D eigenvalue weighted by Crippen LogP contribution is 2.40. The summed E-state index contributed by atoms with van der Waals surface area (Å²) in [6.45, 7) is 13.3. The lowest BCUT2D eigenvalue weighted by molar-refractivity contribution is 0.0518. The SMILES string of the molecule is C1OCC2OC12.CCOC(=O)c1cnn2c(N(C)Cc3ccccc3)cc(-c3c[nH]c4ncccc34)nc12.CCOC(=O)c1cnn2c(N(C)Cc3ccccc3)cc(-c3cn(C4COC[C@H]4F)c4ncccc34)nc12.CCOC(=O)c1cnn2c(NC)cc(-c3cn(C4COC[C@H]4F)c4ncccc34)nc12.Cc1ccc(S(=O)(=O)O[C@H]2COC[C@@H]2F)cc1.Cc1ccc(S(=O)(=O)O[C@H]2COC[C@@H]2F)cc1.O[C@H]1COC[C@@H]1F. The molecule has 12 aromatic heterocycles. The van der Waals surface area contributed by atoms with Gasteiger partial charge in [-0.05, 0) is 106 Å². The molecule has 4 unspecified atom stereocenters. The van der Waals surface area contributed by atoms with Gasteiger partial charge in [0.15, 0.2) is 35.5 Å². The Kier molecular flexibility index (Phi) is 33.6. The van der Waals surface area contributed by atoms with Crippen molar-refractivity contribution in [3.63, 3.8) is 0 Å². The fourth-order valence-corrected chi connectivity index (χ4v) is 19.2. The van der Waals surface area contributed by atoms with Gasteiger partial charge >= 0.3 is 17.9 Å². The number of carbonyl (C=O) groups is 3. The molecule has 3 N–H and O–H groups in total. The minimum Gasteiger partial charge on any atom is -0.462 e. The first kappa shape index (κ1) is 105. The lowest BCUT2D eigenvalue weighted by Gasteiger charge is -2.21. The largest absolute Gasteiger partial charge is 0.462 e. The van der Waals surface area contributed by atoms with Crippen LogP contribution >= 0.6 is 0 Å². The Labute approximate surface area is 846 Å². The van der Waals surface area contributed by atoms with E-state index >= 15 is 0 Å². The Morgan fingerprint density at radius 3 is 1.20 bits per heavy atom. The number of halogens is 5. The van der Waals surface area contributed by atoms with Gasteiger partial charge in [-0.15, -0.1) is 0 Å². The minimum absolute atomic E-state index is 0.0298. The molecule has 0 amide bonds. The van der Waals surface area contributed by atoms with Crippen LogP contribution in [0.1, 0.15) is 86.2 Å². The molecule has 7 aliphatic heterocycles. The highest BCUT2D eigenvalue weighted by molar-refractivity contribution is 7.87. The summed E-state index contributed by atoms with van der Waals surface area (Å²) in [5.74, 6) is 0.773. The average molecular weight is 2080 g/mol. The van der Waals surface area contributed by atoms with E-state index < -0.39 is 99.4 Å². The van der Waals surface area contributed by atoms with Crippen LogP contribution in [-0.2, 0) is 89.1 Å². The number of anilines is 3. The van der Waals surface area contributed by atoms with Crippen LogP contribution in [0.25, 0.3) is 83.8 Å². The second-order valence-electron chi connectivity index (χ2n) is 35.3. The van der Waals surface area contributed by atoms with Crippen LogP contribution in [0, 0.1) is 13.8 Å². The monoisotopic (exact) mass is 2080 g/mol. The van der Waals surface area contributed by atoms with E-state index in [2.05, 4.69) is 79.4 Å². The number of alkyl halides is 5. The van der Waals surface area contributed by atoms with E-state index in [1.165, 1.54) is 42.9 Å². The quantitative estimate of drug-likeness (QED) is 0.0166. The van der Waals surface area contributed by atoms with Crippen LogP contribution in [0.4, 0.5) is 39.4 Å². The predicted molar refractivity (Wildman–Crippen MR) is 535 cm³/mol. The van der Waals surface area contributed by atoms with Gasteiger partial charge in [0.05, 0.1) is 157 Å². The molecule has 45 heteroatoms. The molecule has 7 saturated heterocycles. The maximum absolute atomic E-state index is 14.7. The van der Waals surface area contributed by atoms with Gasteiger partial charge < -0.3 is 81.7 Å². The van der Waals surface area contributed by atoms with E-state index in [0.717, 1.165) is 91.3 Å². The molecule has 4 aromatic carbocycles. The fraction of sp³-hybridized carbons (Fsp3) is 0.359. The standard InChI is InChI=1S/C28H27FN6O3.C24H22N6O2.C21H21FN6O3.2C11H13FO4S.C4H7FO2.C4H6O2/c1-3-38-28(36)20-13-31-35-25(33(2)14-18-8-5-4-6-9-18)12-23(32-27(20)35)21-15-34(24-17-37-16-22(24)29)26-19(21)10-7-11-30-26;1-3-32-24(31)19-14-27-30-21(29(2)15-16-8-5-4-6-9-16)12-20(28-23(19)30)18-13-26-22-17(18)10-7-11-25-22;1-3-31-21(29)13-8-25-28-18(23-2)7-16(26-20(13)28)14-9-27(17-11-30-10-15(17)22)19-12(14)5-4-6-24-19;2*1-8-2-4-9(5-3-8)17(13,14)16-11-7-15-6-10(11)12;5-3-1-7-2-4(3)6;1-3-4(6-3)2-5-1/h4-13,15,22,24H,3,14,16-17H2,1-2H3;4-14H,3,15H2,1-2H3,(H,25,26);4-9,15,17,23H,3,10-11H2,1-2H3;2*2-5,10-11H,6-7H2,1H3;3-4,6H,1-2H2;3-4H,1-2H2/t22-,24?;;15-,17?;2*10-,11-;3-,4-;/m1.1000./s1. The molecule has 7 fully saturated rings. The molecule has 7 aliphatic rings. The topological polar surface area (TPSA) is 427 Å². The molecule has 23 rings (SSSR count). The molecule has 38 nitrogen and oxygen atoms in total. The van der Waals surface area contributed by atoms with Crippen molar-refractivity contribution in [2.24, 2.45) is 0 Å². The van der Waals surface area contributed by atoms with Crippen LogP contribution in [0.5, 0.6) is 0 Å². The zero-order valence-electron chi connectivity index (χ0n) is 81.8. The summed E-state index contributed by atoms with van der Waals surface area (Å²) in [6.07, 6.45) is 7.01. The Balaban J connectivity index is 0.000000125. The summed E-state index contributed by atoms with van der Waals surface area (Å²) < 4.78 is 183. The minimum atomic E-state index is -3.91. The van der Waals surface area contributed by atoms with E-state index in [1.54, 1.807) is 84.2 Å². The molecule has 0 aliphatic carbocycles. The Bertz CT molecular complexity index is 7460. The van der Waals surface area contributed by atoms with Crippen molar-refractivity contribution in [3.05, 3.63) is 259 Å². The number of hydrogen-bond donors (Lipinski definition) is 3. The molecular weight excluding hydrogens is 1970 g/mol. The van der Waals surface area contributed by atoms with Gasteiger partial charge in [-0.25, -0.2) is 66.2 Å². The number of rotatable bonds is 24. The first-order valence-corrected chi connectivity index (χ1v) is 50.6. The number of hydrogen-bond acceptors (Lipinski definition) is 32. The number of aryl methyl sites for hydroxylation is 2. The number of aliphatic hydroxyl groups excluding tert-OH is 1. The number of fused-ring (bicyclic) bond motifs is 7. The van der Waals surface area contributed by atoms with E-state index in [4.69, 9.17) is 71.1 Å². The number of carbonyl (C=O) groups excluding carboxylic acids is 3. The third-order valence-corrected chi connectivity index (χ3v) is 27.5. The summed E-state index contributed by atoms with van der Waals surface area (Å²) >= 11 is 0. The summed E-state index contributed by atoms with van der Waals surface area (Å²) in [7, 11) is -2.11. The molecule has 12 atom stereocenters. The second kappa shape index (κ2) is 47.3. The number of pyridine rings is 3. The van der Waals surface area contributed by atoms with Crippen LogP contribution in [0.3, 0.4) is 0 Å². The van der Waals surface area contributed by atoms with Crippen molar-refractivity contribution < 1.29 is 114 Å². The average Bonchev–Trinajstić information content (AvgIpc) is 1.59. The molecule has 778 valence electrons. The first-order valence-electron chi connectivity index (χ1n) is 47.8. The van der Waals surface area contributed by atoms with Gasteiger partial charge in [-0.3, -0.25) is 8.37 Å². The smallest absolute Gasteiger partial charge is 0.343 e. The molecule has 148 heavy (non-hydrogen) atoms. The number of nitrogens with zero attached hydrogens (tertiary/aromatic N) is 16. The number of epoxide rings is 1. The number of esters is 3. The van der Waals surface area contributed by atoms with E-state index in [1.807, 2.05) is 147 Å². The van der Waals surface area contributed by atoms with Gasteiger partial charge in [0.25, 0.3) is 20.2 Å². The number of aromatic amines is 1. The van der Waals surface area contributed by atoms with Crippen molar-refractivity contribution in [2.75, 3.05) is 135 Å². The third kappa shape index (κ3) is 24.1. The van der Waals surface area contributed by atoms with Crippen LogP contribution in [0.15, 0.2) is 229 Å². The van der Waals surface area contributed by atoms with Crippen molar-refractivity contribution in [3.8, 4) is 33.8 Å². The summed E-state index contributed by atoms with van der Waals surface area (Å²) in [4.78, 5) is 72.9. The Hall–Kier alpha value is -14.2. The van der Waals surface area contributed by atoms with E-state index in [9.17, 15) is 53.2 Å². The molecule has 0 radical (unpaired) electrons. The van der Waals surface area contributed by atoms with Gasteiger partial charge in [0.2, 0.25) is 0 Å². The third-order valence-electron chi connectivity index (χ3n) is 24.8. The fourth-order valence-electron chi connectivity index (χ4n) is 17.0. The van der Waals surface area contributed by atoms with E-state index in [0.29, 0.717) is 76.3 Å². The zero-order valence-corrected chi connectivity index (χ0v) is 83.4. The highest BCUT2D eigenvalue weighted by atomic mass is 32.2. The van der Waals surface area contributed by atoms with Crippen LogP contribution < -0.4 is 15.1 Å². The number of H-pyrrole nitrogens is 1. The van der Waals surface area contributed by atoms with E-state index in [-0.39, 0.29) is 107 Å². The summed E-state index contributed by atoms with van der Waals surface area (Å²) in [5, 5.41) is 27.4. The number of ether oxygens (including phenoxy) is 10. The van der Waals surface area contributed by atoms with Crippen LogP contribution in [0.2, 0.25) is 0 Å². The number of aromatic nitrogens is 15. The van der Waals surface area contributed by atoms with Gasteiger partial charge in [-0.1, -0.05) is 96.1 Å². The summed E-state index contributed by atoms with van der Waals surface area (Å²) in [5.41, 5.74) is 12.7. The maximum atomic E-state index is 14.7.